The summed E-state index contributed by atoms with van der Waals surface area (Å²) in [5, 5.41) is 25.7. The highest BCUT2D eigenvalue weighted by molar-refractivity contribution is 6.35. The third kappa shape index (κ3) is 6.58. The normalized spacial score (nSPS) is 12.0. The minimum atomic E-state index is -1.09. The largest absolute Gasteiger partial charge is 0.467 e. The molecule has 0 fully saturated rings. The van der Waals surface area contributed by atoms with Gasteiger partial charge in [0.1, 0.15) is 5.82 Å². The number of nitrogens with zero attached hydrogens (tertiary/aromatic N) is 2. The van der Waals surface area contributed by atoms with Gasteiger partial charge in [-0.15, -0.1) is 0 Å². The topological polar surface area (TPSA) is 87.5 Å². The van der Waals surface area contributed by atoms with Crippen LogP contribution in [0.15, 0.2) is 42.5 Å². The third-order valence-corrected chi connectivity index (χ3v) is 5.83. The van der Waals surface area contributed by atoms with Gasteiger partial charge in [0.05, 0.1) is 24.0 Å². The van der Waals surface area contributed by atoms with Crippen LogP contribution in [0.2, 0.25) is 10.0 Å². The number of hydrogen-bond donors (Lipinski definition) is 3. The molecule has 1 heterocycles. The Balaban J connectivity index is 1.93. The number of aromatic nitrogens is 2. The monoisotopic (exact) mass is 489 g/mol. The van der Waals surface area contributed by atoms with E-state index in [0.717, 1.165) is 11.1 Å². The molecule has 8 heteroatoms. The molecule has 0 bridgehead atoms. The minimum absolute atomic E-state index is 0.206. The molecular formula is C25H29Cl2N3O3. The van der Waals surface area contributed by atoms with E-state index in [1.165, 1.54) is 7.11 Å². The Bertz CT molecular complexity index is 1110. The molecule has 0 radical (unpaired) electrons. The van der Waals surface area contributed by atoms with Crippen molar-refractivity contribution in [3.05, 3.63) is 69.2 Å². The summed E-state index contributed by atoms with van der Waals surface area (Å²) in [4.78, 5) is 8.88. The van der Waals surface area contributed by atoms with Crippen molar-refractivity contribution in [3.63, 3.8) is 0 Å². The minimum Gasteiger partial charge on any atom is -0.467 e. The zero-order valence-corrected chi connectivity index (χ0v) is 20.9. The lowest BCUT2D eigenvalue weighted by molar-refractivity contribution is 0.0719. The smallest absolute Gasteiger partial charge is 0.318 e. The lowest BCUT2D eigenvalue weighted by Gasteiger charge is -2.24. The second-order valence-electron chi connectivity index (χ2n) is 8.95. The van der Waals surface area contributed by atoms with Crippen molar-refractivity contribution in [2.24, 2.45) is 0 Å². The quantitative estimate of drug-likeness (QED) is 0.383. The second-order valence-corrected chi connectivity index (χ2v) is 9.80. The van der Waals surface area contributed by atoms with Crippen LogP contribution in [0.3, 0.4) is 0 Å². The maximum Gasteiger partial charge on any atom is 0.318 e. The second kappa shape index (κ2) is 9.85. The van der Waals surface area contributed by atoms with Gasteiger partial charge in [-0.2, -0.15) is 9.97 Å². The fraction of sp³-hybridized carbons (Fsp3) is 0.360. The van der Waals surface area contributed by atoms with Gasteiger partial charge in [0.15, 0.2) is 0 Å². The van der Waals surface area contributed by atoms with Crippen molar-refractivity contribution < 1.29 is 14.9 Å². The molecule has 0 aliphatic carbocycles. The molecule has 3 N–H and O–H groups in total. The first kappa shape index (κ1) is 25.2. The Morgan fingerprint density at radius 2 is 1.55 bits per heavy atom. The number of halogens is 2. The standard InChI is InChI=1S/C25H29Cl2N3O3/c1-24(2,31)17-10-16(11-18(12-17)25(3,4)32)21-14-22(30-23(29-21)33-5)28-9-8-15-6-7-19(26)13-20(15)27/h6-7,10-14,31-32H,8-9H2,1-5H3,(H,28,29,30). The highest BCUT2D eigenvalue weighted by Gasteiger charge is 2.24. The van der Waals surface area contributed by atoms with E-state index in [9.17, 15) is 10.2 Å². The van der Waals surface area contributed by atoms with E-state index < -0.39 is 11.2 Å². The molecule has 6 nitrogen and oxygen atoms in total. The summed E-state index contributed by atoms with van der Waals surface area (Å²) in [6.45, 7) is 7.40. The molecule has 3 aromatic rings. The SMILES string of the molecule is COc1nc(NCCc2ccc(Cl)cc2Cl)cc(-c2cc(C(C)(C)O)cc(C(C)(C)O)c2)n1. The Hall–Kier alpha value is -2.38. The van der Waals surface area contributed by atoms with Gasteiger partial charge in [0.2, 0.25) is 0 Å². The molecule has 0 saturated carbocycles. The molecule has 0 spiro atoms. The van der Waals surface area contributed by atoms with Crippen molar-refractivity contribution in [2.75, 3.05) is 19.0 Å². The van der Waals surface area contributed by atoms with Gasteiger partial charge < -0.3 is 20.3 Å². The summed E-state index contributed by atoms with van der Waals surface area (Å²) < 4.78 is 5.31. The highest BCUT2D eigenvalue weighted by atomic mass is 35.5. The molecular weight excluding hydrogens is 461 g/mol. The van der Waals surface area contributed by atoms with Crippen LogP contribution in [0.5, 0.6) is 6.01 Å². The van der Waals surface area contributed by atoms with Gasteiger partial charge in [0.25, 0.3) is 0 Å². The molecule has 0 atom stereocenters. The van der Waals surface area contributed by atoms with Gasteiger partial charge in [-0.3, -0.25) is 0 Å². The molecule has 1 aromatic heterocycles. The van der Waals surface area contributed by atoms with Crippen LogP contribution in [0.1, 0.15) is 44.4 Å². The average Bonchev–Trinajstić information content (AvgIpc) is 2.73. The van der Waals surface area contributed by atoms with E-state index in [4.69, 9.17) is 27.9 Å². The Labute approximate surface area is 204 Å². The van der Waals surface area contributed by atoms with Crippen molar-refractivity contribution >= 4 is 29.0 Å². The molecule has 0 aliphatic rings. The van der Waals surface area contributed by atoms with Crippen LogP contribution in [0.25, 0.3) is 11.3 Å². The fourth-order valence-electron chi connectivity index (χ4n) is 3.29. The number of aliphatic hydroxyl groups is 2. The number of benzene rings is 2. The number of hydrogen-bond acceptors (Lipinski definition) is 6. The van der Waals surface area contributed by atoms with E-state index in [1.807, 2.05) is 30.3 Å². The summed E-state index contributed by atoms with van der Waals surface area (Å²) in [5.41, 5.74) is 1.46. The number of anilines is 1. The van der Waals surface area contributed by atoms with E-state index >= 15 is 0 Å². The fourth-order valence-corrected chi connectivity index (χ4v) is 3.79. The number of methoxy groups -OCH3 is 1. The van der Waals surface area contributed by atoms with Gasteiger partial charge in [-0.1, -0.05) is 35.3 Å². The van der Waals surface area contributed by atoms with Crippen LogP contribution in [-0.2, 0) is 17.6 Å². The van der Waals surface area contributed by atoms with E-state index in [0.29, 0.717) is 45.6 Å². The van der Waals surface area contributed by atoms with E-state index in [-0.39, 0.29) is 6.01 Å². The zero-order chi connectivity index (χ0) is 24.4. The number of rotatable bonds is 8. The van der Waals surface area contributed by atoms with Crippen molar-refractivity contribution in [1.29, 1.82) is 0 Å². The third-order valence-electron chi connectivity index (χ3n) is 5.25. The van der Waals surface area contributed by atoms with E-state index in [2.05, 4.69) is 15.3 Å². The van der Waals surface area contributed by atoms with E-state index in [1.54, 1.807) is 39.8 Å². The molecule has 0 aliphatic heterocycles. The molecule has 0 saturated heterocycles. The van der Waals surface area contributed by atoms with Crippen LogP contribution in [-0.4, -0.2) is 33.8 Å². The summed E-state index contributed by atoms with van der Waals surface area (Å²) in [5.74, 6) is 0.584. The Morgan fingerprint density at radius 3 is 2.09 bits per heavy atom. The van der Waals surface area contributed by atoms with Crippen LogP contribution < -0.4 is 10.1 Å². The van der Waals surface area contributed by atoms with Crippen LogP contribution in [0.4, 0.5) is 5.82 Å². The van der Waals surface area contributed by atoms with Gasteiger partial charge >= 0.3 is 6.01 Å². The van der Waals surface area contributed by atoms with Crippen molar-refractivity contribution in [1.82, 2.24) is 9.97 Å². The van der Waals surface area contributed by atoms with Crippen LogP contribution in [0, 0.1) is 0 Å². The summed E-state index contributed by atoms with van der Waals surface area (Å²) in [7, 11) is 1.51. The maximum absolute atomic E-state index is 10.6. The van der Waals surface area contributed by atoms with Gasteiger partial charge in [-0.25, -0.2) is 0 Å². The predicted molar refractivity (Wildman–Crippen MR) is 133 cm³/mol. The zero-order valence-electron chi connectivity index (χ0n) is 19.4. The first-order chi connectivity index (χ1) is 15.4. The van der Waals surface area contributed by atoms with Crippen molar-refractivity contribution in [2.45, 2.75) is 45.3 Å². The molecule has 33 heavy (non-hydrogen) atoms. The molecule has 3 rings (SSSR count). The first-order valence-electron chi connectivity index (χ1n) is 10.6. The Kier molecular flexibility index (Phi) is 7.54. The first-order valence-corrected chi connectivity index (χ1v) is 11.3. The van der Waals surface area contributed by atoms with Crippen LogP contribution >= 0.6 is 23.2 Å². The molecule has 0 amide bonds. The summed E-state index contributed by atoms with van der Waals surface area (Å²) >= 11 is 12.2. The molecule has 2 aromatic carbocycles. The molecule has 0 unspecified atom stereocenters. The Morgan fingerprint density at radius 1 is 0.909 bits per heavy atom. The highest BCUT2D eigenvalue weighted by Crippen LogP contribution is 2.33. The van der Waals surface area contributed by atoms with Gasteiger partial charge in [-0.05, 0) is 75.1 Å². The number of nitrogens with one attached hydrogen (secondary N) is 1. The predicted octanol–water partition coefficient (Wildman–Crippen LogP) is 5.57. The lowest BCUT2D eigenvalue weighted by Crippen LogP contribution is -2.20. The number of ether oxygens (including phenoxy) is 1. The summed E-state index contributed by atoms with van der Waals surface area (Å²) in [6, 6.07) is 13.0. The summed E-state index contributed by atoms with van der Waals surface area (Å²) in [6.07, 6.45) is 0.675. The van der Waals surface area contributed by atoms with Crippen molar-refractivity contribution in [3.8, 4) is 17.3 Å². The maximum atomic E-state index is 10.6. The molecule has 176 valence electrons. The lowest BCUT2D eigenvalue weighted by atomic mass is 9.88. The van der Waals surface area contributed by atoms with Gasteiger partial charge in [0, 0.05) is 28.2 Å². The average molecular weight is 490 g/mol.